The number of hydrogen-bond donors (Lipinski definition) is 1. The highest BCUT2D eigenvalue weighted by atomic mass is 19.1. The van der Waals surface area contributed by atoms with Gasteiger partial charge in [-0.25, -0.2) is 9.18 Å². The third kappa shape index (κ3) is 4.08. The van der Waals surface area contributed by atoms with Gasteiger partial charge >= 0.3 is 5.97 Å². The minimum Gasteiger partial charge on any atom is -0.477 e. The van der Waals surface area contributed by atoms with Crippen LogP contribution >= 0.6 is 0 Å². The van der Waals surface area contributed by atoms with E-state index in [9.17, 15) is 19.5 Å². The van der Waals surface area contributed by atoms with Crippen LogP contribution in [0.3, 0.4) is 0 Å². The van der Waals surface area contributed by atoms with Crippen LogP contribution in [0.1, 0.15) is 34.8 Å². The molecule has 2 fully saturated rings. The maximum Gasteiger partial charge on any atom is 0.341 e. The Hall–Kier alpha value is -3.68. The lowest BCUT2D eigenvalue weighted by Gasteiger charge is -2.36. The van der Waals surface area contributed by atoms with Gasteiger partial charge in [-0.1, -0.05) is 30.3 Å². The van der Waals surface area contributed by atoms with Gasteiger partial charge in [-0.2, -0.15) is 0 Å². The topological polar surface area (TPSA) is 82.8 Å². The third-order valence-electron chi connectivity index (χ3n) is 6.44. The molecule has 7 nitrogen and oxygen atoms in total. The largest absolute Gasteiger partial charge is 0.477 e. The number of carbonyl (C=O) groups is 2. The van der Waals surface area contributed by atoms with Crippen molar-refractivity contribution in [2.45, 2.75) is 25.3 Å². The van der Waals surface area contributed by atoms with Crippen molar-refractivity contribution in [3.8, 4) is 0 Å². The van der Waals surface area contributed by atoms with Crippen molar-refractivity contribution in [2.24, 2.45) is 0 Å². The first kappa shape index (κ1) is 21.2. The molecule has 0 spiro atoms. The summed E-state index contributed by atoms with van der Waals surface area (Å²) in [7, 11) is 0. The Morgan fingerprint density at radius 2 is 1.73 bits per heavy atom. The van der Waals surface area contributed by atoms with E-state index in [1.54, 1.807) is 15.5 Å². The Balaban J connectivity index is 1.39. The summed E-state index contributed by atoms with van der Waals surface area (Å²) in [5.41, 5.74) is 0.869. The lowest BCUT2D eigenvalue weighted by Crippen LogP contribution is -2.49. The van der Waals surface area contributed by atoms with E-state index in [1.807, 2.05) is 35.2 Å². The molecular formula is C25H24FN3O4. The lowest BCUT2D eigenvalue weighted by molar-refractivity contribution is -0.130. The Morgan fingerprint density at radius 3 is 2.36 bits per heavy atom. The fraction of sp³-hybridized carbons (Fsp3) is 0.320. The number of fused-ring (bicyclic) bond motifs is 1. The number of aromatic nitrogens is 1. The summed E-state index contributed by atoms with van der Waals surface area (Å²) in [6.45, 7) is 1.92. The molecule has 8 heteroatoms. The van der Waals surface area contributed by atoms with E-state index in [0.717, 1.165) is 24.5 Å². The first-order chi connectivity index (χ1) is 15.9. The second-order valence-electron chi connectivity index (χ2n) is 8.67. The zero-order chi connectivity index (χ0) is 23.1. The van der Waals surface area contributed by atoms with Crippen molar-refractivity contribution in [1.82, 2.24) is 9.47 Å². The number of nitrogens with zero attached hydrogens (tertiary/aromatic N) is 3. The van der Waals surface area contributed by atoms with E-state index in [2.05, 4.69) is 0 Å². The molecule has 1 amide bonds. The maximum atomic E-state index is 15.1. The van der Waals surface area contributed by atoms with Gasteiger partial charge in [0.25, 0.3) is 0 Å². The molecule has 170 valence electrons. The van der Waals surface area contributed by atoms with Gasteiger partial charge in [0, 0.05) is 43.8 Å². The Morgan fingerprint density at radius 1 is 1.03 bits per heavy atom. The molecule has 33 heavy (non-hydrogen) atoms. The molecule has 2 aromatic carbocycles. The summed E-state index contributed by atoms with van der Waals surface area (Å²) in [4.78, 5) is 40.5. The molecule has 1 aliphatic heterocycles. The van der Waals surface area contributed by atoms with E-state index in [1.165, 1.54) is 6.20 Å². The normalized spacial score (nSPS) is 16.3. The van der Waals surface area contributed by atoms with E-state index < -0.39 is 17.2 Å². The number of piperazine rings is 1. The fourth-order valence-electron chi connectivity index (χ4n) is 4.49. The average molecular weight is 449 g/mol. The van der Waals surface area contributed by atoms with Gasteiger partial charge in [0.05, 0.1) is 17.6 Å². The Kier molecular flexibility index (Phi) is 5.36. The van der Waals surface area contributed by atoms with E-state index in [-0.39, 0.29) is 22.9 Å². The standard InChI is InChI=1S/C25H24FN3O4/c26-20-13-18-21(29(17-6-7-17)15-19(24(18)31)25(32)33)14-22(20)27-8-10-28(11-9-27)23(30)12-16-4-2-1-3-5-16/h1-5,13-15,17H,6-12H2,(H,32,33). The SMILES string of the molecule is O=C(O)c1cn(C2CC2)c2cc(N3CCN(C(=O)Cc4ccccc4)CC3)c(F)cc2c1=O. The molecule has 5 rings (SSSR count). The van der Waals surface area contributed by atoms with Crippen LogP contribution < -0.4 is 10.3 Å². The maximum absolute atomic E-state index is 15.1. The molecule has 1 aromatic heterocycles. The number of carboxylic acids is 1. The molecular weight excluding hydrogens is 425 g/mol. The smallest absolute Gasteiger partial charge is 0.341 e. The van der Waals surface area contributed by atoms with Crippen molar-refractivity contribution in [1.29, 1.82) is 0 Å². The average Bonchev–Trinajstić information content (AvgIpc) is 3.65. The number of anilines is 1. The Labute approximate surface area is 189 Å². The molecule has 3 aromatic rings. The van der Waals surface area contributed by atoms with E-state index >= 15 is 4.39 Å². The van der Waals surface area contributed by atoms with Crippen LogP contribution in [0.4, 0.5) is 10.1 Å². The number of carboxylic acid groups (broad SMARTS) is 1. The number of halogens is 1. The number of carbonyl (C=O) groups excluding carboxylic acids is 1. The highest BCUT2D eigenvalue weighted by Gasteiger charge is 2.29. The van der Waals surface area contributed by atoms with Crippen molar-refractivity contribution in [3.63, 3.8) is 0 Å². The minimum absolute atomic E-state index is 0.0450. The molecule has 2 heterocycles. The summed E-state index contributed by atoms with van der Waals surface area (Å²) in [6, 6.07) is 12.5. The van der Waals surface area contributed by atoms with Gasteiger partial charge in [-0.3, -0.25) is 9.59 Å². The van der Waals surface area contributed by atoms with Gasteiger partial charge in [-0.15, -0.1) is 0 Å². The first-order valence-electron chi connectivity index (χ1n) is 11.1. The number of pyridine rings is 1. The van der Waals surface area contributed by atoms with Crippen LogP contribution in [-0.4, -0.2) is 52.6 Å². The van der Waals surface area contributed by atoms with Crippen LogP contribution in [0.2, 0.25) is 0 Å². The van der Waals surface area contributed by atoms with Gasteiger partial charge < -0.3 is 19.5 Å². The van der Waals surface area contributed by atoms with Crippen molar-refractivity contribution in [3.05, 3.63) is 75.8 Å². The van der Waals surface area contributed by atoms with Crippen molar-refractivity contribution < 1.29 is 19.1 Å². The molecule has 1 saturated carbocycles. The molecule has 1 aliphatic carbocycles. The lowest BCUT2D eigenvalue weighted by atomic mass is 10.1. The number of amides is 1. The second kappa shape index (κ2) is 8.35. The predicted octanol–water partition coefficient (Wildman–Crippen LogP) is 3.07. The highest BCUT2D eigenvalue weighted by Crippen LogP contribution is 2.38. The zero-order valence-corrected chi connectivity index (χ0v) is 18.0. The predicted molar refractivity (Wildman–Crippen MR) is 122 cm³/mol. The molecule has 0 radical (unpaired) electrons. The summed E-state index contributed by atoms with van der Waals surface area (Å²) < 4.78 is 16.9. The van der Waals surface area contributed by atoms with Gasteiger partial charge in [0.1, 0.15) is 11.4 Å². The molecule has 1 N–H and O–H groups in total. The molecule has 0 atom stereocenters. The van der Waals surface area contributed by atoms with E-state index in [0.29, 0.717) is 43.8 Å². The van der Waals surface area contributed by atoms with Crippen LogP contribution in [0.25, 0.3) is 10.9 Å². The van der Waals surface area contributed by atoms with Crippen LogP contribution in [0.15, 0.2) is 53.5 Å². The molecule has 0 bridgehead atoms. The number of benzene rings is 2. The number of hydrogen-bond acceptors (Lipinski definition) is 4. The highest BCUT2D eigenvalue weighted by molar-refractivity contribution is 5.93. The fourth-order valence-corrected chi connectivity index (χ4v) is 4.49. The van der Waals surface area contributed by atoms with Crippen molar-refractivity contribution >= 4 is 28.5 Å². The summed E-state index contributed by atoms with van der Waals surface area (Å²) in [5, 5.41) is 9.48. The summed E-state index contributed by atoms with van der Waals surface area (Å²) in [6.07, 6.45) is 3.51. The third-order valence-corrected chi connectivity index (χ3v) is 6.44. The minimum atomic E-state index is -1.31. The van der Waals surface area contributed by atoms with Crippen LogP contribution in [0, 0.1) is 5.82 Å². The van der Waals surface area contributed by atoms with Crippen LogP contribution in [-0.2, 0) is 11.2 Å². The van der Waals surface area contributed by atoms with E-state index in [4.69, 9.17) is 0 Å². The quantitative estimate of drug-likeness (QED) is 0.647. The molecule has 1 saturated heterocycles. The second-order valence-corrected chi connectivity index (χ2v) is 8.67. The van der Waals surface area contributed by atoms with Gasteiger partial charge in [0.2, 0.25) is 11.3 Å². The molecule has 0 unspecified atom stereocenters. The summed E-state index contributed by atoms with van der Waals surface area (Å²) in [5.74, 6) is -1.82. The molecule has 2 aliphatic rings. The summed E-state index contributed by atoms with van der Waals surface area (Å²) >= 11 is 0. The van der Waals surface area contributed by atoms with Crippen molar-refractivity contribution in [2.75, 3.05) is 31.1 Å². The van der Waals surface area contributed by atoms with Crippen LogP contribution in [0.5, 0.6) is 0 Å². The Bertz CT molecular complexity index is 1290. The van der Waals surface area contributed by atoms with Gasteiger partial charge in [0.15, 0.2) is 0 Å². The first-order valence-corrected chi connectivity index (χ1v) is 11.1. The number of aromatic carboxylic acids is 1. The van der Waals surface area contributed by atoms with Gasteiger partial charge in [-0.05, 0) is 30.5 Å². The zero-order valence-electron chi connectivity index (χ0n) is 18.0. The monoisotopic (exact) mass is 449 g/mol. The number of rotatable bonds is 5.